The highest BCUT2D eigenvalue weighted by Gasteiger charge is 2.57. The number of terminal acetylenes is 1. The molecule has 4 aromatic rings. The van der Waals surface area contributed by atoms with Crippen molar-refractivity contribution in [1.29, 1.82) is 0 Å². The molecular weight excluding hydrogens is 583 g/mol. The van der Waals surface area contributed by atoms with Gasteiger partial charge in [0.2, 0.25) is 5.88 Å². The van der Waals surface area contributed by atoms with Crippen LogP contribution in [0.5, 0.6) is 17.6 Å². The second-order valence-electron chi connectivity index (χ2n) is 13.3. The van der Waals surface area contributed by atoms with Gasteiger partial charge < -0.3 is 19.5 Å². The Balaban J connectivity index is 1.26. The van der Waals surface area contributed by atoms with Crippen molar-refractivity contribution >= 4 is 27.5 Å². The largest absolute Gasteiger partial charge is 0.508 e. The van der Waals surface area contributed by atoms with Crippen molar-refractivity contribution in [2.45, 2.75) is 68.2 Å². The molecule has 2 aromatic heterocycles. The maximum atomic E-state index is 17.0. The minimum Gasteiger partial charge on any atom is -0.508 e. The second kappa shape index (κ2) is 9.36. The molecule has 4 fully saturated rings. The minimum atomic E-state index is -0.920. The molecule has 230 valence electrons. The molecular formula is C34H30F3N5O3. The van der Waals surface area contributed by atoms with Crippen molar-refractivity contribution < 1.29 is 27.8 Å². The Morgan fingerprint density at radius 3 is 2.80 bits per heavy atom. The first-order valence-corrected chi connectivity index (χ1v) is 15.6. The summed E-state index contributed by atoms with van der Waals surface area (Å²) in [6.07, 6.45) is 10.8. The highest BCUT2D eigenvalue weighted by Crippen LogP contribution is 2.56. The highest BCUT2D eigenvalue weighted by atomic mass is 19.1. The lowest BCUT2D eigenvalue weighted by Gasteiger charge is -2.32. The Hall–Kier alpha value is -4.30. The first kappa shape index (κ1) is 27.0. The topological polar surface area (TPSA) is 83.8 Å². The fourth-order valence-corrected chi connectivity index (χ4v) is 8.46. The van der Waals surface area contributed by atoms with Crippen LogP contribution in [0.1, 0.15) is 50.5 Å². The molecule has 8 nitrogen and oxygen atoms in total. The molecule has 1 aliphatic carbocycles. The Bertz CT molecular complexity index is 1980. The van der Waals surface area contributed by atoms with Crippen LogP contribution in [0.15, 0.2) is 24.3 Å². The van der Waals surface area contributed by atoms with E-state index in [1.165, 1.54) is 24.3 Å². The number of aromatic nitrogens is 3. The van der Waals surface area contributed by atoms with E-state index < -0.39 is 23.3 Å². The summed E-state index contributed by atoms with van der Waals surface area (Å²) in [5.41, 5.74) is -0.699. The molecule has 6 heterocycles. The van der Waals surface area contributed by atoms with Crippen LogP contribution in [-0.2, 0) is 0 Å². The maximum Gasteiger partial charge on any atom is 0.319 e. The number of alkyl halides is 1. The summed E-state index contributed by atoms with van der Waals surface area (Å²) < 4.78 is 58.9. The van der Waals surface area contributed by atoms with Crippen molar-refractivity contribution in [2.75, 3.05) is 31.2 Å². The predicted molar refractivity (Wildman–Crippen MR) is 161 cm³/mol. The summed E-state index contributed by atoms with van der Waals surface area (Å²) in [5.74, 6) is 1.45. The van der Waals surface area contributed by atoms with Crippen LogP contribution in [0.3, 0.4) is 0 Å². The first-order valence-electron chi connectivity index (χ1n) is 15.6. The number of hydrogen-bond donors (Lipinski definition) is 1. The molecule has 1 spiro atoms. The lowest BCUT2D eigenvalue weighted by Crippen LogP contribution is -2.43. The zero-order valence-electron chi connectivity index (χ0n) is 24.5. The van der Waals surface area contributed by atoms with Crippen LogP contribution < -0.4 is 14.4 Å². The van der Waals surface area contributed by atoms with Crippen LogP contribution in [0.25, 0.3) is 32.9 Å². The average Bonchev–Trinajstić information content (AvgIpc) is 3.47. The molecule has 4 aliphatic heterocycles. The highest BCUT2D eigenvalue weighted by molar-refractivity contribution is 6.04. The van der Waals surface area contributed by atoms with Gasteiger partial charge in [-0.2, -0.15) is 9.97 Å². The Morgan fingerprint density at radius 2 is 1.98 bits per heavy atom. The summed E-state index contributed by atoms with van der Waals surface area (Å²) in [6, 6.07) is 5.46. The van der Waals surface area contributed by atoms with E-state index in [-0.39, 0.29) is 63.6 Å². The molecule has 1 N–H and O–H groups in total. The lowest BCUT2D eigenvalue weighted by atomic mass is 9.95. The van der Waals surface area contributed by atoms with Gasteiger partial charge in [-0.25, -0.2) is 18.2 Å². The van der Waals surface area contributed by atoms with Crippen molar-refractivity contribution in [2.24, 2.45) is 0 Å². The number of phenolic OH excluding ortho intramolecular Hbond substituents is 1. The van der Waals surface area contributed by atoms with Crippen molar-refractivity contribution in [3.63, 3.8) is 0 Å². The number of benzene rings is 2. The van der Waals surface area contributed by atoms with Crippen LogP contribution in [0, 0.1) is 24.0 Å². The van der Waals surface area contributed by atoms with Gasteiger partial charge in [-0.3, -0.25) is 4.90 Å². The predicted octanol–water partition coefficient (Wildman–Crippen LogP) is 5.66. The Labute approximate surface area is 257 Å². The summed E-state index contributed by atoms with van der Waals surface area (Å²) in [6.45, 7) is 1.71. The zero-order chi connectivity index (χ0) is 30.7. The molecule has 2 aromatic carbocycles. The SMILES string of the molecule is C#Cc1c(F)ccc2cc(O)cc(-c3nc4c5c(nc(OC[C@@]67CCCN6C[C@H](F)C7)nc5c3F)N3[C@@H](CCC35CC5)CO4)c12. The summed E-state index contributed by atoms with van der Waals surface area (Å²) in [5, 5.41) is 11.6. The number of halogens is 3. The van der Waals surface area contributed by atoms with Gasteiger partial charge in [0.25, 0.3) is 0 Å². The van der Waals surface area contributed by atoms with Gasteiger partial charge in [0, 0.05) is 29.5 Å². The number of hydrogen-bond acceptors (Lipinski definition) is 8. The number of ether oxygens (including phenoxy) is 2. The third kappa shape index (κ3) is 3.87. The zero-order valence-corrected chi connectivity index (χ0v) is 24.5. The molecule has 5 aliphatic rings. The number of fused-ring (bicyclic) bond motifs is 5. The third-order valence-corrected chi connectivity index (χ3v) is 10.7. The maximum absolute atomic E-state index is 17.0. The van der Waals surface area contributed by atoms with Gasteiger partial charge in [-0.05, 0) is 68.7 Å². The van der Waals surface area contributed by atoms with E-state index in [0.29, 0.717) is 36.2 Å². The molecule has 0 bridgehead atoms. The summed E-state index contributed by atoms with van der Waals surface area (Å²) in [7, 11) is 0. The van der Waals surface area contributed by atoms with E-state index in [2.05, 4.69) is 25.7 Å². The molecule has 0 amide bonds. The molecule has 0 unspecified atom stereocenters. The van der Waals surface area contributed by atoms with Crippen LogP contribution >= 0.6 is 0 Å². The quantitative estimate of drug-likeness (QED) is 0.296. The molecule has 1 saturated carbocycles. The van der Waals surface area contributed by atoms with E-state index in [4.69, 9.17) is 20.9 Å². The number of anilines is 1. The Kier molecular flexibility index (Phi) is 5.63. The van der Waals surface area contributed by atoms with Gasteiger partial charge in [-0.15, -0.1) is 6.42 Å². The molecule has 45 heavy (non-hydrogen) atoms. The number of aromatic hydroxyl groups is 1. The molecule has 3 atom stereocenters. The van der Waals surface area contributed by atoms with Crippen LogP contribution in [0.2, 0.25) is 0 Å². The van der Waals surface area contributed by atoms with Crippen molar-refractivity contribution in [1.82, 2.24) is 19.9 Å². The van der Waals surface area contributed by atoms with E-state index in [1.54, 1.807) is 0 Å². The fourth-order valence-electron chi connectivity index (χ4n) is 8.46. The van der Waals surface area contributed by atoms with Gasteiger partial charge in [0.1, 0.15) is 53.4 Å². The minimum absolute atomic E-state index is 0.00232. The van der Waals surface area contributed by atoms with Gasteiger partial charge in [-0.1, -0.05) is 12.0 Å². The molecule has 11 heteroatoms. The molecule has 0 radical (unpaired) electrons. The third-order valence-electron chi connectivity index (χ3n) is 10.7. The van der Waals surface area contributed by atoms with E-state index in [1.807, 2.05) is 0 Å². The summed E-state index contributed by atoms with van der Waals surface area (Å²) >= 11 is 0. The lowest BCUT2D eigenvalue weighted by molar-refractivity contribution is 0.107. The van der Waals surface area contributed by atoms with E-state index >= 15 is 4.39 Å². The van der Waals surface area contributed by atoms with Gasteiger partial charge in [0.15, 0.2) is 5.82 Å². The number of nitrogens with zero attached hydrogens (tertiary/aromatic N) is 5. The molecule has 3 saturated heterocycles. The fraction of sp³-hybridized carbons (Fsp3) is 0.441. The molecule has 9 rings (SSSR count). The standard InChI is InChI=1S/C34H30F3N5O3/c1-2-22-24(36)5-4-18-12-21(43)13-23(25(18)22)28-27(37)29-26-30(42-20(16-44-31(26)38-28)6-8-33(42)9-10-33)40-32(39-29)45-17-34-7-3-11-41(34)15-19(35)14-34/h1,4-5,12-13,19-20,43H,3,6-11,14-17H2/t19-,20+,34+/m1/s1. The van der Waals surface area contributed by atoms with Crippen LogP contribution in [0.4, 0.5) is 19.0 Å². The normalized spacial score (nSPS) is 26.1. The van der Waals surface area contributed by atoms with E-state index in [0.717, 1.165) is 45.1 Å². The van der Waals surface area contributed by atoms with Crippen LogP contribution in [-0.4, -0.2) is 74.6 Å². The number of pyridine rings is 1. The monoisotopic (exact) mass is 613 g/mol. The Morgan fingerprint density at radius 1 is 1.11 bits per heavy atom. The van der Waals surface area contributed by atoms with Gasteiger partial charge >= 0.3 is 6.01 Å². The second-order valence-corrected chi connectivity index (χ2v) is 13.3. The number of phenols is 1. The number of rotatable bonds is 4. The van der Waals surface area contributed by atoms with E-state index in [9.17, 15) is 13.9 Å². The first-order chi connectivity index (χ1) is 21.8. The van der Waals surface area contributed by atoms with Crippen molar-refractivity contribution in [3.05, 3.63) is 41.5 Å². The smallest absolute Gasteiger partial charge is 0.319 e. The summed E-state index contributed by atoms with van der Waals surface area (Å²) in [4.78, 5) is 18.5. The van der Waals surface area contributed by atoms with Crippen molar-refractivity contribution in [3.8, 4) is 41.2 Å². The average molecular weight is 614 g/mol. The van der Waals surface area contributed by atoms with Gasteiger partial charge in [0.05, 0.1) is 17.1 Å².